The molecule has 2 N–H and O–H groups in total. The molecule has 4 nitrogen and oxygen atoms in total. The van der Waals surface area contributed by atoms with Gasteiger partial charge in [0.25, 0.3) is 0 Å². The Hall–Kier alpha value is -1.66. The molecule has 0 spiro atoms. The summed E-state index contributed by atoms with van der Waals surface area (Å²) < 4.78 is 15.0. The monoisotopic (exact) mass is 326 g/mol. The summed E-state index contributed by atoms with van der Waals surface area (Å²) in [6, 6.07) is 6.35. The fraction of sp³-hybridized carbons (Fsp3) is 0.286. The van der Waals surface area contributed by atoms with Gasteiger partial charge in [0.15, 0.2) is 5.11 Å². The Kier molecular flexibility index (Phi) is 5.52. The summed E-state index contributed by atoms with van der Waals surface area (Å²) in [6.45, 7) is 3.57. The largest absolute Gasteiger partial charge is 0.362 e. The van der Waals surface area contributed by atoms with E-state index in [9.17, 15) is 4.39 Å². The Balaban J connectivity index is 1.72. The van der Waals surface area contributed by atoms with Gasteiger partial charge in [-0.15, -0.1) is 0 Å². The summed E-state index contributed by atoms with van der Waals surface area (Å²) in [7, 11) is 0. The van der Waals surface area contributed by atoms with Gasteiger partial charge in [-0.25, -0.2) is 4.39 Å². The molecule has 112 valence electrons. The molecular weight excluding hydrogens is 311 g/mol. The summed E-state index contributed by atoms with van der Waals surface area (Å²) in [5.41, 5.74) is 1.79. The van der Waals surface area contributed by atoms with Gasteiger partial charge in [-0.05, 0) is 49.8 Å². The summed E-state index contributed by atoms with van der Waals surface area (Å²) >= 11 is 10.9. The van der Waals surface area contributed by atoms with Crippen LogP contribution in [0.1, 0.15) is 12.1 Å². The van der Waals surface area contributed by atoms with E-state index in [4.69, 9.17) is 23.8 Å². The van der Waals surface area contributed by atoms with E-state index in [1.165, 1.54) is 12.1 Å². The third kappa shape index (κ3) is 4.68. The van der Waals surface area contributed by atoms with Gasteiger partial charge in [0.2, 0.25) is 0 Å². The average Bonchev–Trinajstić information content (AvgIpc) is 2.85. The van der Waals surface area contributed by atoms with Crippen molar-refractivity contribution in [1.82, 2.24) is 15.1 Å². The lowest BCUT2D eigenvalue weighted by Gasteiger charge is -2.11. The predicted molar refractivity (Wildman–Crippen MR) is 87.2 cm³/mol. The van der Waals surface area contributed by atoms with E-state index < -0.39 is 5.82 Å². The number of aromatic nitrogens is 2. The first-order valence-corrected chi connectivity index (χ1v) is 7.33. The standard InChI is InChI=1S/C14H16ClFN4S/c1-10-5-7-18-20(10)8-2-6-17-14(21)19-11-3-4-13(16)12(15)9-11/h3-5,7,9H,2,6,8H2,1H3,(H2,17,19,21). The van der Waals surface area contributed by atoms with Crippen LogP contribution in [0.2, 0.25) is 5.02 Å². The summed E-state index contributed by atoms with van der Waals surface area (Å²) in [6.07, 6.45) is 2.68. The van der Waals surface area contributed by atoms with E-state index in [1.807, 2.05) is 17.7 Å². The molecule has 0 atom stereocenters. The minimum Gasteiger partial charge on any atom is -0.362 e. The van der Waals surface area contributed by atoms with Crippen molar-refractivity contribution in [1.29, 1.82) is 0 Å². The molecule has 0 aliphatic rings. The van der Waals surface area contributed by atoms with E-state index in [0.29, 0.717) is 10.8 Å². The number of rotatable bonds is 5. The van der Waals surface area contributed by atoms with Crippen LogP contribution >= 0.6 is 23.8 Å². The van der Waals surface area contributed by atoms with Crippen molar-refractivity contribution >= 4 is 34.6 Å². The van der Waals surface area contributed by atoms with Crippen LogP contribution in [-0.2, 0) is 6.54 Å². The smallest absolute Gasteiger partial charge is 0.170 e. The third-order valence-corrected chi connectivity index (χ3v) is 3.47. The number of hydrogen-bond acceptors (Lipinski definition) is 2. The van der Waals surface area contributed by atoms with Gasteiger partial charge in [0.05, 0.1) is 5.02 Å². The van der Waals surface area contributed by atoms with Gasteiger partial charge < -0.3 is 10.6 Å². The normalized spacial score (nSPS) is 10.4. The molecule has 2 aromatic rings. The number of halogens is 2. The van der Waals surface area contributed by atoms with Gasteiger partial charge >= 0.3 is 0 Å². The first-order valence-electron chi connectivity index (χ1n) is 6.54. The van der Waals surface area contributed by atoms with Crippen LogP contribution in [0, 0.1) is 12.7 Å². The van der Waals surface area contributed by atoms with Crippen LogP contribution in [0.4, 0.5) is 10.1 Å². The maximum absolute atomic E-state index is 13.0. The molecule has 0 aliphatic heterocycles. The van der Waals surface area contributed by atoms with Crippen molar-refractivity contribution in [3.63, 3.8) is 0 Å². The molecule has 0 fully saturated rings. The molecule has 1 aromatic heterocycles. The number of thiocarbonyl (C=S) groups is 1. The van der Waals surface area contributed by atoms with Gasteiger partial charge in [0.1, 0.15) is 5.82 Å². The van der Waals surface area contributed by atoms with Crippen LogP contribution in [-0.4, -0.2) is 21.4 Å². The molecule has 0 saturated heterocycles. The molecule has 0 radical (unpaired) electrons. The highest BCUT2D eigenvalue weighted by molar-refractivity contribution is 7.80. The molecular formula is C14H16ClFN4S. The van der Waals surface area contributed by atoms with Gasteiger partial charge in [0, 0.05) is 30.7 Å². The highest BCUT2D eigenvalue weighted by atomic mass is 35.5. The van der Waals surface area contributed by atoms with E-state index in [1.54, 1.807) is 12.3 Å². The van der Waals surface area contributed by atoms with Gasteiger partial charge in [-0.1, -0.05) is 11.6 Å². The maximum Gasteiger partial charge on any atom is 0.170 e. The van der Waals surface area contributed by atoms with Crippen molar-refractivity contribution in [3.8, 4) is 0 Å². The Morgan fingerprint density at radius 2 is 2.24 bits per heavy atom. The number of aryl methyl sites for hydroxylation is 2. The second kappa shape index (κ2) is 7.38. The van der Waals surface area contributed by atoms with Crippen LogP contribution < -0.4 is 10.6 Å². The van der Waals surface area contributed by atoms with E-state index in [-0.39, 0.29) is 5.02 Å². The first-order chi connectivity index (χ1) is 10.1. The second-order valence-corrected chi connectivity index (χ2v) is 5.37. The number of hydrogen-bond donors (Lipinski definition) is 2. The van der Waals surface area contributed by atoms with E-state index in [2.05, 4.69) is 15.7 Å². The fourth-order valence-electron chi connectivity index (χ4n) is 1.81. The quantitative estimate of drug-likeness (QED) is 0.653. The predicted octanol–water partition coefficient (Wildman–Crippen LogP) is 3.36. The molecule has 1 heterocycles. The van der Waals surface area contributed by atoms with Crippen molar-refractivity contribution in [2.24, 2.45) is 0 Å². The van der Waals surface area contributed by atoms with Crippen LogP contribution in [0.15, 0.2) is 30.5 Å². The van der Waals surface area contributed by atoms with Crippen LogP contribution in [0.25, 0.3) is 0 Å². The molecule has 7 heteroatoms. The lowest BCUT2D eigenvalue weighted by molar-refractivity contribution is 0.561. The second-order valence-electron chi connectivity index (χ2n) is 4.56. The minimum absolute atomic E-state index is 0.0666. The van der Waals surface area contributed by atoms with Crippen LogP contribution in [0.5, 0.6) is 0 Å². The van der Waals surface area contributed by atoms with Crippen molar-refractivity contribution in [2.45, 2.75) is 19.9 Å². The Morgan fingerprint density at radius 1 is 1.43 bits per heavy atom. The zero-order chi connectivity index (χ0) is 15.2. The van der Waals surface area contributed by atoms with Crippen molar-refractivity contribution in [2.75, 3.05) is 11.9 Å². The van der Waals surface area contributed by atoms with E-state index >= 15 is 0 Å². The topological polar surface area (TPSA) is 41.9 Å². The zero-order valence-electron chi connectivity index (χ0n) is 11.6. The van der Waals surface area contributed by atoms with E-state index in [0.717, 1.165) is 25.2 Å². The molecule has 2 rings (SSSR count). The zero-order valence-corrected chi connectivity index (χ0v) is 13.1. The molecule has 1 aromatic carbocycles. The van der Waals surface area contributed by atoms with Crippen molar-refractivity contribution in [3.05, 3.63) is 47.0 Å². The van der Waals surface area contributed by atoms with Crippen molar-refractivity contribution < 1.29 is 4.39 Å². The number of nitrogens with one attached hydrogen (secondary N) is 2. The molecule has 0 unspecified atom stereocenters. The SMILES string of the molecule is Cc1ccnn1CCCNC(=S)Nc1ccc(F)c(Cl)c1. The Labute approximate surface area is 133 Å². The van der Waals surface area contributed by atoms with Crippen LogP contribution in [0.3, 0.4) is 0 Å². The fourth-order valence-corrected chi connectivity index (χ4v) is 2.21. The number of benzene rings is 1. The number of nitrogens with zero attached hydrogens (tertiary/aromatic N) is 2. The molecule has 0 saturated carbocycles. The molecule has 21 heavy (non-hydrogen) atoms. The number of anilines is 1. The van der Waals surface area contributed by atoms with Gasteiger partial charge in [-0.2, -0.15) is 5.10 Å². The molecule has 0 amide bonds. The lowest BCUT2D eigenvalue weighted by Crippen LogP contribution is -2.29. The average molecular weight is 327 g/mol. The highest BCUT2D eigenvalue weighted by Gasteiger charge is 2.02. The molecule has 0 aliphatic carbocycles. The minimum atomic E-state index is -0.448. The lowest BCUT2D eigenvalue weighted by atomic mass is 10.3. The Bertz CT molecular complexity index is 629. The maximum atomic E-state index is 13.0. The summed E-state index contributed by atoms with van der Waals surface area (Å²) in [5.74, 6) is -0.448. The van der Waals surface area contributed by atoms with Gasteiger partial charge in [-0.3, -0.25) is 4.68 Å². The Morgan fingerprint density at radius 3 is 2.90 bits per heavy atom. The summed E-state index contributed by atoms with van der Waals surface area (Å²) in [5, 5.41) is 10.8. The summed E-state index contributed by atoms with van der Waals surface area (Å²) in [4.78, 5) is 0. The molecule has 0 bridgehead atoms. The first kappa shape index (κ1) is 15.7. The highest BCUT2D eigenvalue weighted by Crippen LogP contribution is 2.19. The third-order valence-electron chi connectivity index (χ3n) is 2.94.